The van der Waals surface area contributed by atoms with Crippen LogP contribution in [0.2, 0.25) is 0 Å². The lowest BCUT2D eigenvalue weighted by molar-refractivity contribution is 0.178. The van der Waals surface area contributed by atoms with Gasteiger partial charge < -0.3 is 10.4 Å². The van der Waals surface area contributed by atoms with Gasteiger partial charge in [-0.1, -0.05) is 6.07 Å². The van der Waals surface area contributed by atoms with Gasteiger partial charge in [0.2, 0.25) is 0 Å². The van der Waals surface area contributed by atoms with Gasteiger partial charge in [0.05, 0.1) is 0 Å². The minimum atomic E-state index is -0.389. The van der Waals surface area contributed by atoms with E-state index in [-0.39, 0.29) is 6.10 Å². The SMILES string of the molecule is Cc1ccsc1CNCC(O)c1cccs1. The number of aryl methyl sites for hydroxylation is 1. The lowest BCUT2D eigenvalue weighted by Gasteiger charge is -2.09. The van der Waals surface area contributed by atoms with Gasteiger partial charge in [-0.15, -0.1) is 22.7 Å². The van der Waals surface area contributed by atoms with Gasteiger partial charge in [-0.2, -0.15) is 0 Å². The molecule has 0 aromatic carbocycles. The average molecular weight is 253 g/mol. The van der Waals surface area contributed by atoms with Gasteiger partial charge in [0.1, 0.15) is 6.10 Å². The van der Waals surface area contributed by atoms with Crippen molar-refractivity contribution in [3.63, 3.8) is 0 Å². The Labute approximate surface area is 104 Å². The summed E-state index contributed by atoms with van der Waals surface area (Å²) >= 11 is 3.35. The molecule has 0 aliphatic heterocycles. The number of rotatable bonds is 5. The molecule has 0 aliphatic carbocycles. The normalized spacial score (nSPS) is 12.9. The molecule has 0 saturated carbocycles. The number of hydrogen-bond donors (Lipinski definition) is 2. The van der Waals surface area contributed by atoms with Crippen LogP contribution in [-0.2, 0) is 6.54 Å². The highest BCUT2D eigenvalue weighted by Crippen LogP contribution is 2.19. The minimum absolute atomic E-state index is 0.389. The van der Waals surface area contributed by atoms with E-state index in [1.165, 1.54) is 10.4 Å². The molecule has 2 nitrogen and oxygen atoms in total. The zero-order valence-corrected chi connectivity index (χ0v) is 10.8. The van der Waals surface area contributed by atoms with Gasteiger partial charge in [-0.05, 0) is 35.4 Å². The summed E-state index contributed by atoms with van der Waals surface area (Å²) in [5.41, 5.74) is 1.32. The van der Waals surface area contributed by atoms with E-state index in [1.807, 2.05) is 17.5 Å². The monoisotopic (exact) mass is 253 g/mol. The third-order valence-corrected chi connectivity index (χ3v) is 4.46. The number of aliphatic hydroxyl groups is 1. The van der Waals surface area contributed by atoms with Gasteiger partial charge in [-0.25, -0.2) is 0 Å². The first kappa shape index (κ1) is 11.8. The average Bonchev–Trinajstić information content (AvgIpc) is 2.90. The van der Waals surface area contributed by atoms with Crippen LogP contribution >= 0.6 is 22.7 Å². The van der Waals surface area contributed by atoms with E-state index in [2.05, 4.69) is 23.7 Å². The van der Waals surface area contributed by atoms with Crippen LogP contribution < -0.4 is 5.32 Å². The van der Waals surface area contributed by atoms with Gasteiger partial charge >= 0.3 is 0 Å². The minimum Gasteiger partial charge on any atom is -0.386 e. The molecule has 1 unspecified atom stereocenters. The fourth-order valence-corrected chi connectivity index (χ4v) is 3.08. The highest BCUT2D eigenvalue weighted by atomic mass is 32.1. The van der Waals surface area contributed by atoms with Gasteiger partial charge in [0.15, 0.2) is 0 Å². The number of hydrogen-bond acceptors (Lipinski definition) is 4. The van der Waals surface area contributed by atoms with Crippen molar-refractivity contribution in [2.45, 2.75) is 19.6 Å². The molecule has 0 aliphatic rings. The second-order valence-corrected chi connectivity index (χ2v) is 5.67. The van der Waals surface area contributed by atoms with Crippen LogP contribution in [0.4, 0.5) is 0 Å². The summed E-state index contributed by atoms with van der Waals surface area (Å²) in [4.78, 5) is 2.37. The Kier molecular flexibility index (Phi) is 4.12. The Hall–Kier alpha value is -0.680. The molecule has 0 fully saturated rings. The van der Waals surface area contributed by atoms with Crippen molar-refractivity contribution in [3.8, 4) is 0 Å². The van der Waals surface area contributed by atoms with Crippen LogP contribution in [0.15, 0.2) is 29.0 Å². The van der Waals surface area contributed by atoms with Crippen molar-refractivity contribution in [2.75, 3.05) is 6.54 Å². The third-order valence-electron chi connectivity index (χ3n) is 2.46. The number of thiophene rings is 2. The Morgan fingerprint density at radius 2 is 2.19 bits per heavy atom. The molecule has 0 bridgehead atoms. The second-order valence-electron chi connectivity index (χ2n) is 3.69. The molecule has 2 aromatic heterocycles. The number of aliphatic hydroxyl groups excluding tert-OH is 1. The lowest BCUT2D eigenvalue weighted by atomic mass is 10.2. The molecule has 1 atom stereocenters. The molecule has 2 heterocycles. The maximum atomic E-state index is 9.86. The van der Waals surface area contributed by atoms with E-state index < -0.39 is 0 Å². The molecule has 0 saturated heterocycles. The van der Waals surface area contributed by atoms with E-state index in [0.29, 0.717) is 6.54 Å². The lowest BCUT2D eigenvalue weighted by Crippen LogP contribution is -2.20. The molecule has 2 N–H and O–H groups in total. The Morgan fingerprint density at radius 3 is 2.81 bits per heavy atom. The summed E-state index contributed by atoms with van der Waals surface area (Å²) in [5.74, 6) is 0. The third kappa shape index (κ3) is 2.92. The molecule has 0 spiro atoms. The molecular formula is C12H15NOS2. The summed E-state index contributed by atoms with van der Waals surface area (Å²) in [6, 6.07) is 6.05. The molecule has 0 radical (unpaired) electrons. The first-order valence-electron chi connectivity index (χ1n) is 5.22. The van der Waals surface area contributed by atoms with Crippen LogP contribution in [0.1, 0.15) is 21.4 Å². The summed E-state index contributed by atoms with van der Waals surface area (Å²) in [6.45, 7) is 3.56. The predicted octanol–water partition coefficient (Wildman–Crippen LogP) is 2.94. The van der Waals surface area contributed by atoms with Gasteiger partial charge in [0.25, 0.3) is 0 Å². The van der Waals surface area contributed by atoms with Gasteiger partial charge in [-0.3, -0.25) is 0 Å². The summed E-state index contributed by atoms with van der Waals surface area (Å²) in [7, 11) is 0. The fourth-order valence-electron chi connectivity index (χ4n) is 1.49. The Morgan fingerprint density at radius 1 is 1.31 bits per heavy atom. The summed E-state index contributed by atoms with van der Waals surface area (Å²) in [6.07, 6.45) is -0.389. The van der Waals surface area contributed by atoms with Crippen molar-refractivity contribution in [1.82, 2.24) is 5.32 Å². The van der Waals surface area contributed by atoms with Crippen molar-refractivity contribution in [1.29, 1.82) is 0 Å². The van der Waals surface area contributed by atoms with Crippen molar-refractivity contribution in [2.24, 2.45) is 0 Å². The predicted molar refractivity (Wildman–Crippen MR) is 70.0 cm³/mol. The van der Waals surface area contributed by atoms with E-state index in [9.17, 15) is 5.11 Å². The summed E-state index contributed by atoms with van der Waals surface area (Å²) < 4.78 is 0. The highest BCUT2D eigenvalue weighted by molar-refractivity contribution is 7.10. The zero-order chi connectivity index (χ0) is 11.4. The molecule has 2 rings (SSSR count). The number of nitrogens with one attached hydrogen (secondary N) is 1. The van der Waals surface area contributed by atoms with Crippen LogP contribution in [0.25, 0.3) is 0 Å². The van der Waals surface area contributed by atoms with Crippen LogP contribution in [0, 0.1) is 6.92 Å². The second kappa shape index (κ2) is 5.59. The maximum absolute atomic E-state index is 9.86. The first-order chi connectivity index (χ1) is 7.77. The largest absolute Gasteiger partial charge is 0.386 e. The fraction of sp³-hybridized carbons (Fsp3) is 0.333. The summed E-state index contributed by atoms with van der Waals surface area (Å²) in [5, 5.41) is 17.2. The molecule has 0 amide bonds. The van der Waals surface area contributed by atoms with E-state index in [1.54, 1.807) is 22.7 Å². The Bertz CT molecular complexity index is 422. The molecule has 2 aromatic rings. The Balaban J connectivity index is 1.78. The van der Waals surface area contributed by atoms with Crippen molar-refractivity contribution < 1.29 is 5.11 Å². The molecular weight excluding hydrogens is 238 g/mol. The zero-order valence-electron chi connectivity index (χ0n) is 9.14. The van der Waals surface area contributed by atoms with E-state index in [0.717, 1.165) is 11.4 Å². The molecule has 86 valence electrons. The van der Waals surface area contributed by atoms with Crippen LogP contribution in [0.5, 0.6) is 0 Å². The first-order valence-corrected chi connectivity index (χ1v) is 6.98. The highest BCUT2D eigenvalue weighted by Gasteiger charge is 2.08. The van der Waals surface area contributed by atoms with E-state index in [4.69, 9.17) is 0 Å². The van der Waals surface area contributed by atoms with Crippen LogP contribution in [-0.4, -0.2) is 11.7 Å². The standard InChI is InChI=1S/C12H15NOS2/c1-9-4-6-16-12(9)8-13-7-10(14)11-3-2-5-15-11/h2-6,10,13-14H,7-8H2,1H3. The smallest absolute Gasteiger partial charge is 0.101 e. The molecule has 16 heavy (non-hydrogen) atoms. The van der Waals surface area contributed by atoms with Crippen LogP contribution in [0.3, 0.4) is 0 Å². The van der Waals surface area contributed by atoms with Gasteiger partial charge in [0, 0.05) is 22.8 Å². The van der Waals surface area contributed by atoms with Crippen molar-refractivity contribution in [3.05, 3.63) is 44.3 Å². The maximum Gasteiger partial charge on any atom is 0.101 e. The quantitative estimate of drug-likeness (QED) is 0.858. The molecule has 4 heteroatoms. The van der Waals surface area contributed by atoms with E-state index >= 15 is 0 Å². The topological polar surface area (TPSA) is 32.3 Å². The van der Waals surface area contributed by atoms with Crippen molar-refractivity contribution >= 4 is 22.7 Å².